The van der Waals surface area contributed by atoms with E-state index in [1.165, 1.54) is 6.26 Å². The Balaban J connectivity index is 2.05. The molecule has 2 rings (SSSR count). The maximum absolute atomic E-state index is 12.2. The van der Waals surface area contributed by atoms with Crippen molar-refractivity contribution in [1.29, 1.82) is 0 Å². The van der Waals surface area contributed by atoms with E-state index < -0.39 is 6.04 Å². The lowest BCUT2D eigenvalue weighted by Gasteiger charge is -2.14. The quantitative estimate of drug-likeness (QED) is 0.821. The van der Waals surface area contributed by atoms with E-state index in [1.807, 2.05) is 13.0 Å². The van der Waals surface area contributed by atoms with Crippen molar-refractivity contribution in [3.8, 4) is 5.75 Å². The zero-order chi connectivity index (χ0) is 15.1. The second-order valence-electron chi connectivity index (χ2n) is 4.60. The minimum absolute atomic E-state index is 0.231. The van der Waals surface area contributed by atoms with Crippen LogP contribution < -0.4 is 10.1 Å². The Morgan fingerprint density at radius 3 is 2.90 bits per heavy atom. The number of hydrogen-bond donors (Lipinski definition) is 2. The summed E-state index contributed by atoms with van der Waals surface area (Å²) >= 11 is 0. The fourth-order valence-corrected chi connectivity index (χ4v) is 1.88. The minimum atomic E-state index is -0.562. The Hall–Kier alpha value is -2.27. The molecule has 0 radical (unpaired) electrons. The summed E-state index contributed by atoms with van der Waals surface area (Å²) in [4.78, 5) is 12.2. The largest absolute Gasteiger partial charge is 0.494 e. The third kappa shape index (κ3) is 4.10. The molecule has 2 aromatic rings. The first kappa shape index (κ1) is 15.1. The number of aliphatic hydroxyl groups is 1. The summed E-state index contributed by atoms with van der Waals surface area (Å²) < 4.78 is 10.7. The van der Waals surface area contributed by atoms with Gasteiger partial charge in [0.15, 0.2) is 0 Å². The van der Waals surface area contributed by atoms with Crippen molar-refractivity contribution in [1.82, 2.24) is 5.32 Å². The number of ether oxygens (including phenoxy) is 1. The van der Waals surface area contributed by atoms with Crippen LogP contribution in [-0.4, -0.2) is 24.2 Å². The molecule has 5 nitrogen and oxygen atoms in total. The Labute approximate surface area is 123 Å². The van der Waals surface area contributed by atoms with Crippen LogP contribution in [0.15, 0.2) is 47.1 Å². The fraction of sp³-hybridized carbons (Fsp3) is 0.312. The molecule has 1 unspecified atom stereocenters. The van der Waals surface area contributed by atoms with Gasteiger partial charge in [-0.2, -0.15) is 0 Å². The Kier molecular flexibility index (Phi) is 5.40. The topological polar surface area (TPSA) is 71.7 Å². The van der Waals surface area contributed by atoms with Gasteiger partial charge in [-0.3, -0.25) is 4.79 Å². The molecule has 0 saturated heterocycles. The van der Waals surface area contributed by atoms with Crippen LogP contribution in [-0.2, 0) is 0 Å². The number of benzene rings is 1. The zero-order valence-corrected chi connectivity index (χ0v) is 11.9. The second kappa shape index (κ2) is 7.50. The number of furan rings is 1. The van der Waals surface area contributed by atoms with Crippen LogP contribution in [0, 0.1) is 0 Å². The van der Waals surface area contributed by atoms with E-state index in [2.05, 4.69) is 5.32 Å². The van der Waals surface area contributed by atoms with Gasteiger partial charge in [-0.05, 0) is 36.8 Å². The minimum Gasteiger partial charge on any atom is -0.494 e. The van der Waals surface area contributed by atoms with E-state index in [-0.39, 0.29) is 12.5 Å². The average Bonchev–Trinajstić information content (AvgIpc) is 3.04. The van der Waals surface area contributed by atoms with Gasteiger partial charge < -0.3 is 19.6 Å². The number of rotatable bonds is 7. The van der Waals surface area contributed by atoms with Crippen LogP contribution in [0.25, 0.3) is 0 Å². The first-order valence-electron chi connectivity index (χ1n) is 6.92. The Morgan fingerprint density at radius 1 is 1.38 bits per heavy atom. The van der Waals surface area contributed by atoms with Crippen molar-refractivity contribution in [2.75, 3.05) is 13.2 Å². The highest BCUT2D eigenvalue weighted by atomic mass is 16.5. The highest BCUT2D eigenvalue weighted by molar-refractivity contribution is 5.94. The van der Waals surface area contributed by atoms with Crippen LogP contribution in [0.1, 0.15) is 35.5 Å². The molecule has 0 fully saturated rings. The molecule has 21 heavy (non-hydrogen) atoms. The van der Waals surface area contributed by atoms with Crippen molar-refractivity contribution in [2.45, 2.75) is 19.4 Å². The summed E-state index contributed by atoms with van der Waals surface area (Å²) in [5.41, 5.74) is 0.480. The van der Waals surface area contributed by atoms with Crippen molar-refractivity contribution in [3.63, 3.8) is 0 Å². The van der Waals surface area contributed by atoms with Gasteiger partial charge >= 0.3 is 0 Å². The van der Waals surface area contributed by atoms with Gasteiger partial charge in [-0.15, -0.1) is 0 Å². The highest BCUT2D eigenvalue weighted by Crippen LogP contribution is 2.16. The van der Waals surface area contributed by atoms with Gasteiger partial charge in [-0.25, -0.2) is 0 Å². The molecule has 1 heterocycles. The van der Waals surface area contributed by atoms with Gasteiger partial charge in [0.2, 0.25) is 0 Å². The Bertz CT molecular complexity index is 565. The number of nitrogens with one attached hydrogen (secondary N) is 1. The molecule has 1 aromatic heterocycles. The monoisotopic (exact) mass is 289 g/mol. The molecule has 1 atom stereocenters. The molecule has 0 spiro atoms. The standard InChI is InChI=1S/C16H19NO4/c1-2-8-20-13-6-3-5-12(10-13)16(19)17-14(11-18)15-7-4-9-21-15/h3-7,9-10,14,18H,2,8,11H2,1H3,(H,17,19). The van der Waals surface area contributed by atoms with Crippen molar-refractivity contribution in [2.24, 2.45) is 0 Å². The molecule has 0 saturated carbocycles. The fourth-order valence-electron chi connectivity index (χ4n) is 1.88. The van der Waals surface area contributed by atoms with E-state index in [1.54, 1.807) is 30.3 Å². The molecule has 5 heteroatoms. The molecule has 112 valence electrons. The number of aliphatic hydroxyl groups excluding tert-OH is 1. The summed E-state index contributed by atoms with van der Waals surface area (Å²) in [6, 6.07) is 9.81. The lowest BCUT2D eigenvalue weighted by molar-refractivity contribution is 0.0907. The maximum atomic E-state index is 12.2. The van der Waals surface area contributed by atoms with E-state index in [0.29, 0.717) is 23.7 Å². The van der Waals surface area contributed by atoms with Gasteiger partial charge in [0.25, 0.3) is 5.91 Å². The zero-order valence-electron chi connectivity index (χ0n) is 11.9. The van der Waals surface area contributed by atoms with E-state index in [9.17, 15) is 9.90 Å². The molecular weight excluding hydrogens is 270 g/mol. The number of carbonyl (C=O) groups is 1. The SMILES string of the molecule is CCCOc1cccc(C(=O)NC(CO)c2ccco2)c1. The average molecular weight is 289 g/mol. The lowest BCUT2D eigenvalue weighted by atomic mass is 10.1. The number of carbonyl (C=O) groups excluding carboxylic acids is 1. The molecule has 0 bridgehead atoms. The number of hydrogen-bond acceptors (Lipinski definition) is 4. The smallest absolute Gasteiger partial charge is 0.252 e. The van der Waals surface area contributed by atoms with Crippen LogP contribution >= 0.6 is 0 Å². The summed E-state index contributed by atoms with van der Waals surface area (Å²) in [7, 11) is 0. The van der Waals surface area contributed by atoms with E-state index in [4.69, 9.17) is 9.15 Å². The molecule has 2 N–H and O–H groups in total. The third-order valence-corrected chi connectivity index (χ3v) is 2.94. The van der Waals surface area contributed by atoms with Crippen LogP contribution in [0.4, 0.5) is 0 Å². The van der Waals surface area contributed by atoms with Gasteiger partial charge in [0.05, 0.1) is 19.5 Å². The van der Waals surface area contributed by atoms with Gasteiger partial charge in [0.1, 0.15) is 17.6 Å². The molecule has 1 aromatic carbocycles. The molecule has 0 aliphatic rings. The van der Waals surface area contributed by atoms with Crippen LogP contribution in [0.3, 0.4) is 0 Å². The summed E-state index contributed by atoms with van der Waals surface area (Å²) in [5.74, 6) is 0.889. The van der Waals surface area contributed by atoms with Crippen LogP contribution in [0.2, 0.25) is 0 Å². The van der Waals surface area contributed by atoms with Gasteiger partial charge in [-0.1, -0.05) is 13.0 Å². The summed E-state index contributed by atoms with van der Waals surface area (Å²) in [6.45, 7) is 2.40. The van der Waals surface area contributed by atoms with Crippen molar-refractivity contribution >= 4 is 5.91 Å². The molecule has 0 aliphatic carbocycles. The molecule has 1 amide bonds. The normalized spacial score (nSPS) is 11.9. The first-order chi connectivity index (χ1) is 10.2. The van der Waals surface area contributed by atoms with E-state index >= 15 is 0 Å². The second-order valence-corrected chi connectivity index (χ2v) is 4.60. The predicted octanol–water partition coefficient (Wildman–Crippen LogP) is 2.53. The Morgan fingerprint density at radius 2 is 2.24 bits per heavy atom. The summed E-state index contributed by atoms with van der Waals surface area (Å²) in [5, 5.41) is 12.1. The summed E-state index contributed by atoms with van der Waals surface area (Å²) in [6.07, 6.45) is 2.41. The van der Waals surface area contributed by atoms with Gasteiger partial charge in [0, 0.05) is 5.56 Å². The predicted molar refractivity (Wildman–Crippen MR) is 78.2 cm³/mol. The maximum Gasteiger partial charge on any atom is 0.252 e. The molecule has 0 aliphatic heterocycles. The highest BCUT2D eigenvalue weighted by Gasteiger charge is 2.17. The molecular formula is C16H19NO4. The van der Waals surface area contributed by atoms with Crippen molar-refractivity contribution < 1.29 is 19.1 Å². The lowest BCUT2D eigenvalue weighted by Crippen LogP contribution is -2.30. The number of amides is 1. The van der Waals surface area contributed by atoms with Crippen LogP contribution in [0.5, 0.6) is 5.75 Å². The first-order valence-corrected chi connectivity index (χ1v) is 6.92. The van der Waals surface area contributed by atoms with Crippen molar-refractivity contribution in [3.05, 3.63) is 54.0 Å². The third-order valence-electron chi connectivity index (χ3n) is 2.94. The van der Waals surface area contributed by atoms with E-state index in [0.717, 1.165) is 6.42 Å².